The molecule has 20 heavy (non-hydrogen) atoms. The van der Waals surface area contributed by atoms with Crippen molar-refractivity contribution in [3.8, 4) is 0 Å². The predicted octanol–water partition coefficient (Wildman–Crippen LogP) is 2.07. The Morgan fingerprint density at radius 1 is 1.45 bits per heavy atom. The maximum Gasteiger partial charge on any atom is 0.223 e. The molecule has 2 fully saturated rings. The third kappa shape index (κ3) is 4.61. The molecule has 1 N–H and O–H groups in total. The number of morpholine rings is 1. The minimum atomic E-state index is 0. The number of nitrogens with one attached hydrogen (secondary N) is 1. The molecule has 0 aromatic carbocycles. The van der Waals surface area contributed by atoms with E-state index in [0.717, 1.165) is 19.6 Å². The quantitative estimate of drug-likeness (QED) is 0.868. The molecule has 0 radical (unpaired) electrons. The van der Waals surface area contributed by atoms with Crippen molar-refractivity contribution in [2.24, 2.45) is 11.8 Å². The van der Waals surface area contributed by atoms with Gasteiger partial charge in [0.15, 0.2) is 0 Å². The summed E-state index contributed by atoms with van der Waals surface area (Å²) in [5.41, 5.74) is 0. The number of piperidine rings is 1. The van der Waals surface area contributed by atoms with Crippen LogP contribution in [0, 0.1) is 11.8 Å². The third-order valence-corrected chi connectivity index (χ3v) is 4.56. The van der Waals surface area contributed by atoms with Gasteiger partial charge in [0, 0.05) is 13.0 Å². The first kappa shape index (κ1) is 17.7. The molecule has 4 atom stereocenters. The third-order valence-electron chi connectivity index (χ3n) is 4.56. The van der Waals surface area contributed by atoms with Crippen LogP contribution in [0.15, 0.2) is 0 Å². The maximum atomic E-state index is 12.5. The number of hydrogen-bond acceptors (Lipinski definition) is 3. The summed E-state index contributed by atoms with van der Waals surface area (Å²) in [6, 6.07) is 0.223. The van der Waals surface area contributed by atoms with Gasteiger partial charge < -0.3 is 15.0 Å². The molecule has 5 heteroatoms. The number of carbonyl (C=O) groups excluding carboxylic acids is 1. The summed E-state index contributed by atoms with van der Waals surface area (Å²) >= 11 is 0. The number of rotatable bonds is 3. The summed E-state index contributed by atoms with van der Waals surface area (Å²) in [7, 11) is 0. The number of carbonyl (C=O) groups is 1. The standard InChI is InChI=1S/C15H28N2O2.ClH/c1-11(14-5-4-6-16-8-14)7-15(18)17-9-13(3)19-10-12(17)2;/h11-14,16H,4-10H2,1-3H3;1H. The van der Waals surface area contributed by atoms with Crippen LogP contribution in [0.2, 0.25) is 0 Å². The Morgan fingerprint density at radius 3 is 2.85 bits per heavy atom. The molecule has 4 nitrogen and oxygen atoms in total. The van der Waals surface area contributed by atoms with Gasteiger partial charge in [0.1, 0.15) is 0 Å². The lowest BCUT2D eigenvalue weighted by atomic mass is 9.85. The van der Waals surface area contributed by atoms with Gasteiger partial charge >= 0.3 is 0 Å². The summed E-state index contributed by atoms with van der Waals surface area (Å²) in [4.78, 5) is 14.5. The van der Waals surface area contributed by atoms with E-state index in [-0.39, 0.29) is 24.6 Å². The largest absolute Gasteiger partial charge is 0.375 e. The summed E-state index contributed by atoms with van der Waals surface area (Å²) < 4.78 is 5.59. The van der Waals surface area contributed by atoms with Crippen molar-refractivity contribution in [3.63, 3.8) is 0 Å². The zero-order valence-electron chi connectivity index (χ0n) is 12.9. The highest BCUT2D eigenvalue weighted by Crippen LogP contribution is 2.24. The van der Waals surface area contributed by atoms with Gasteiger partial charge in [0.2, 0.25) is 5.91 Å². The van der Waals surface area contributed by atoms with E-state index >= 15 is 0 Å². The lowest BCUT2D eigenvalue weighted by Gasteiger charge is -2.38. The SMILES string of the molecule is CC1CN(C(=O)CC(C)C2CCCNC2)C(C)CO1.Cl. The van der Waals surface area contributed by atoms with E-state index in [0.29, 0.717) is 30.8 Å². The molecule has 118 valence electrons. The second-order valence-corrected chi connectivity index (χ2v) is 6.33. The van der Waals surface area contributed by atoms with E-state index in [9.17, 15) is 4.79 Å². The lowest BCUT2D eigenvalue weighted by Crippen LogP contribution is -2.50. The second kappa shape index (κ2) is 8.20. The monoisotopic (exact) mass is 304 g/mol. The molecular weight excluding hydrogens is 276 g/mol. The van der Waals surface area contributed by atoms with E-state index < -0.39 is 0 Å². The molecule has 0 aromatic heterocycles. The minimum absolute atomic E-state index is 0. The van der Waals surface area contributed by atoms with E-state index in [2.05, 4.69) is 19.2 Å². The van der Waals surface area contributed by atoms with Crippen LogP contribution in [0.25, 0.3) is 0 Å². The van der Waals surface area contributed by atoms with Gasteiger partial charge in [0.05, 0.1) is 18.8 Å². The van der Waals surface area contributed by atoms with Gasteiger partial charge in [-0.05, 0) is 51.6 Å². The number of halogens is 1. The van der Waals surface area contributed by atoms with Crippen molar-refractivity contribution in [2.75, 3.05) is 26.2 Å². The molecule has 0 aromatic rings. The van der Waals surface area contributed by atoms with Crippen molar-refractivity contribution in [3.05, 3.63) is 0 Å². The van der Waals surface area contributed by atoms with Crippen molar-refractivity contribution in [2.45, 2.75) is 52.2 Å². The highest BCUT2D eigenvalue weighted by Gasteiger charge is 2.30. The number of ether oxygens (including phenoxy) is 1. The molecule has 2 heterocycles. The number of nitrogens with zero attached hydrogens (tertiary/aromatic N) is 1. The highest BCUT2D eigenvalue weighted by atomic mass is 35.5. The van der Waals surface area contributed by atoms with Crippen LogP contribution in [-0.4, -0.2) is 49.2 Å². The van der Waals surface area contributed by atoms with Crippen LogP contribution < -0.4 is 5.32 Å². The van der Waals surface area contributed by atoms with Gasteiger partial charge in [-0.3, -0.25) is 4.79 Å². The maximum absolute atomic E-state index is 12.5. The first-order valence-electron chi connectivity index (χ1n) is 7.69. The van der Waals surface area contributed by atoms with Crippen molar-refractivity contribution >= 4 is 18.3 Å². The number of hydrogen-bond donors (Lipinski definition) is 1. The molecular formula is C15H29ClN2O2. The molecule has 1 amide bonds. The first-order valence-corrected chi connectivity index (χ1v) is 7.69. The van der Waals surface area contributed by atoms with Crippen LogP contribution in [-0.2, 0) is 9.53 Å². The Hall–Kier alpha value is -0.320. The summed E-state index contributed by atoms with van der Waals surface area (Å²) in [6.07, 6.45) is 3.36. The van der Waals surface area contributed by atoms with Crippen LogP contribution in [0.3, 0.4) is 0 Å². The topological polar surface area (TPSA) is 41.6 Å². The average molecular weight is 305 g/mol. The number of amides is 1. The van der Waals surface area contributed by atoms with E-state index in [1.165, 1.54) is 12.8 Å². The van der Waals surface area contributed by atoms with Gasteiger partial charge in [-0.2, -0.15) is 0 Å². The Morgan fingerprint density at radius 2 is 2.20 bits per heavy atom. The molecule has 0 aliphatic carbocycles. The van der Waals surface area contributed by atoms with Crippen LogP contribution >= 0.6 is 12.4 Å². The molecule has 2 aliphatic heterocycles. The van der Waals surface area contributed by atoms with E-state index in [1.807, 2.05) is 11.8 Å². The fraction of sp³-hybridized carbons (Fsp3) is 0.933. The Kier molecular flexibility index (Phi) is 7.27. The van der Waals surface area contributed by atoms with Gasteiger partial charge in [-0.1, -0.05) is 6.92 Å². The van der Waals surface area contributed by atoms with Crippen LogP contribution in [0.4, 0.5) is 0 Å². The molecule has 0 spiro atoms. The summed E-state index contributed by atoms with van der Waals surface area (Å²) in [5.74, 6) is 1.44. The van der Waals surface area contributed by atoms with Gasteiger partial charge in [0.25, 0.3) is 0 Å². The predicted molar refractivity (Wildman–Crippen MR) is 83.2 cm³/mol. The molecule has 0 saturated carbocycles. The Balaban J connectivity index is 0.00000200. The fourth-order valence-corrected chi connectivity index (χ4v) is 3.17. The normalized spacial score (nSPS) is 32.4. The zero-order chi connectivity index (χ0) is 13.8. The van der Waals surface area contributed by atoms with Crippen molar-refractivity contribution < 1.29 is 9.53 Å². The molecule has 4 unspecified atom stereocenters. The van der Waals surface area contributed by atoms with Crippen LogP contribution in [0.5, 0.6) is 0 Å². The minimum Gasteiger partial charge on any atom is -0.375 e. The van der Waals surface area contributed by atoms with E-state index in [4.69, 9.17) is 4.74 Å². The molecule has 0 bridgehead atoms. The lowest BCUT2D eigenvalue weighted by molar-refractivity contribution is -0.144. The van der Waals surface area contributed by atoms with E-state index in [1.54, 1.807) is 0 Å². The van der Waals surface area contributed by atoms with Crippen molar-refractivity contribution in [1.29, 1.82) is 0 Å². The second-order valence-electron chi connectivity index (χ2n) is 6.33. The van der Waals surface area contributed by atoms with Gasteiger partial charge in [-0.25, -0.2) is 0 Å². The molecule has 2 rings (SSSR count). The van der Waals surface area contributed by atoms with Gasteiger partial charge in [-0.15, -0.1) is 12.4 Å². The summed E-state index contributed by atoms with van der Waals surface area (Å²) in [5, 5.41) is 3.44. The first-order chi connectivity index (χ1) is 9.08. The zero-order valence-corrected chi connectivity index (χ0v) is 13.7. The molecule has 2 aliphatic rings. The highest BCUT2D eigenvalue weighted by molar-refractivity contribution is 5.85. The Bertz CT molecular complexity index is 308. The Labute approximate surface area is 129 Å². The van der Waals surface area contributed by atoms with Crippen molar-refractivity contribution in [1.82, 2.24) is 10.2 Å². The summed E-state index contributed by atoms with van der Waals surface area (Å²) in [6.45, 7) is 9.97. The average Bonchev–Trinajstić information content (AvgIpc) is 2.42. The smallest absolute Gasteiger partial charge is 0.223 e. The fourth-order valence-electron chi connectivity index (χ4n) is 3.17. The van der Waals surface area contributed by atoms with Crippen LogP contribution in [0.1, 0.15) is 40.0 Å². The molecule has 2 saturated heterocycles.